The lowest BCUT2D eigenvalue weighted by Gasteiger charge is -2.22. The van der Waals surface area contributed by atoms with E-state index >= 15 is 0 Å². The molecule has 90 valence electrons. The van der Waals surface area contributed by atoms with Crippen LogP contribution in [0.3, 0.4) is 0 Å². The highest BCUT2D eigenvalue weighted by Gasteiger charge is 2.11. The van der Waals surface area contributed by atoms with Crippen LogP contribution in [0, 0.1) is 0 Å². The van der Waals surface area contributed by atoms with Crippen LogP contribution in [0.1, 0.15) is 50.0 Å². The zero-order chi connectivity index (χ0) is 11.1. The van der Waals surface area contributed by atoms with Crippen LogP contribution in [0.4, 0.5) is 0 Å². The molecular weight excluding hydrogens is 216 g/mol. The minimum atomic E-state index is 0.814. The maximum Gasteiger partial charge on any atom is 0.0924 e. The SMILES string of the molecule is c1csc(CCCCNC2CCCCC2)n1. The fourth-order valence-electron chi connectivity index (χ4n) is 2.39. The average molecular weight is 238 g/mol. The highest BCUT2D eigenvalue weighted by atomic mass is 32.1. The Morgan fingerprint density at radius 2 is 2.12 bits per heavy atom. The predicted molar refractivity (Wildman–Crippen MR) is 69.9 cm³/mol. The molecule has 0 atom stereocenters. The van der Waals surface area contributed by atoms with Gasteiger partial charge in [0.2, 0.25) is 0 Å². The monoisotopic (exact) mass is 238 g/mol. The van der Waals surface area contributed by atoms with Crippen LogP contribution in [0.2, 0.25) is 0 Å². The molecule has 2 rings (SSSR count). The molecular formula is C13H22N2S. The fourth-order valence-corrected chi connectivity index (χ4v) is 3.05. The Morgan fingerprint density at radius 1 is 1.25 bits per heavy atom. The van der Waals surface area contributed by atoms with Crippen molar-refractivity contribution in [1.29, 1.82) is 0 Å². The number of nitrogens with one attached hydrogen (secondary N) is 1. The Hall–Kier alpha value is -0.410. The number of nitrogens with zero attached hydrogens (tertiary/aromatic N) is 1. The molecule has 0 amide bonds. The number of aromatic nitrogens is 1. The van der Waals surface area contributed by atoms with Crippen LogP contribution in [0.15, 0.2) is 11.6 Å². The molecule has 2 nitrogen and oxygen atoms in total. The molecule has 1 fully saturated rings. The molecule has 1 aromatic heterocycles. The summed E-state index contributed by atoms with van der Waals surface area (Å²) >= 11 is 1.78. The van der Waals surface area contributed by atoms with Crippen molar-refractivity contribution in [3.05, 3.63) is 16.6 Å². The quantitative estimate of drug-likeness (QED) is 0.768. The third-order valence-corrected chi connectivity index (χ3v) is 4.18. The topological polar surface area (TPSA) is 24.9 Å². The Balaban J connectivity index is 1.48. The van der Waals surface area contributed by atoms with Gasteiger partial charge in [0.25, 0.3) is 0 Å². The summed E-state index contributed by atoms with van der Waals surface area (Å²) in [5.41, 5.74) is 0. The largest absolute Gasteiger partial charge is 0.314 e. The number of thiazole rings is 1. The van der Waals surface area contributed by atoms with Crippen molar-refractivity contribution in [3.8, 4) is 0 Å². The van der Waals surface area contributed by atoms with Crippen molar-refractivity contribution in [2.75, 3.05) is 6.54 Å². The van der Waals surface area contributed by atoms with Gasteiger partial charge in [-0.3, -0.25) is 0 Å². The molecule has 1 N–H and O–H groups in total. The summed E-state index contributed by atoms with van der Waals surface area (Å²) in [5.74, 6) is 0. The van der Waals surface area contributed by atoms with Gasteiger partial charge in [-0.15, -0.1) is 11.3 Å². The van der Waals surface area contributed by atoms with Crippen LogP contribution in [0.5, 0.6) is 0 Å². The standard InChI is InChI=1S/C13H22N2S/c1-2-6-12(7-3-1)14-9-5-4-8-13-15-10-11-16-13/h10-12,14H,1-9H2. The summed E-state index contributed by atoms with van der Waals surface area (Å²) in [6, 6.07) is 0.814. The Kier molecular flexibility index (Phi) is 5.29. The highest BCUT2D eigenvalue weighted by molar-refractivity contribution is 7.09. The van der Waals surface area contributed by atoms with Gasteiger partial charge in [-0.05, 0) is 38.6 Å². The molecule has 0 radical (unpaired) electrons. The minimum Gasteiger partial charge on any atom is -0.314 e. The number of unbranched alkanes of at least 4 members (excludes halogenated alkanes) is 1. The first-order valence-corrected chi connectivity index (χ1v) is 7.45. The zero-order valence-corrected chi connectivity index (χ0v) is 10.8. The molecule has 1 aliphatic carbocycles. The molecule has 0 saturated heterocycles. The summed E-state index contributed by atoms with van der Waals surface area (Å²) < 4.78 is 0. The number of hydrogen-bond donors (Lipinski definition) is 1. The second kappa shape index (κ2) is 7.02. The molecule has 1 aliphatic rings. The summed E-state index contributed by atoms with van der Waals surface area (Å²) in [5, 5.41) is 7.04. The minimum absolute atomic E-state index is 0.814. The Bertz CT molecular complexity index is 265. The molecule has 16 heavy (non-hydrogen) atoms. The first kappa shape index (κ1) is 12.1. The van der Waals surface area contributed by atoms with Gasteiger partial charge in [0.05, 0.1) is 5.01 Å². The number of hydrogen-bond acceptors (Lipinski definition) is 3. The van der Waals surface area contributed by atoms with E-state index in [9.17, 15) is 0 Å². The van der Waals surface area contributed by atoms with Crippen LogP contribution in [-0.4, -0.2) is 17.6 Å². The molecule has 0 unspecified atom stereocenters. The molecule has 3 heteroatoms. The first-order valence-electron chi connectivity index (χ1n) is 6.57. The van der Waals surface area contributed by atoms with Crippen molar-refractivity contribution in [1.82, 2.24) is 10.3 Å². The molecule has 0 aromatic carbocycles. The van der Waals surface area contributed by atoms with Crippen molar-refractivity contribution in [2.24, 2.45) is 0 Å². The van der Waals surface area contributed by atoms with E-state index in [4.69, 9.17) is 0 Å². The average Bonchev–Trinajstić information content (AvgIpc) is 2.83. The highest BCUT2D eigenvalue weighted by Crippen LogP contribution is 2.17. The summed E-state index contributed by atoms with van der Waals surface area (Å²) in [7, 11) is 0. The van der Waals surface area contributed by atoms with E-state index in [2.05, 4.69) is 15.7 Å². The third-order valence-electron chi connectivity index (χ3n) is 3.34. The van der Waals surface area contributed by atoms with E-state index in [-0.39, 0.29) is 0 Å². The molecule has 0 bridgehead atoms. The molecule has 1 heterocycles. The van der Waals surface area contributed by atoms with Gasteiger partial charge >= 0.3 is 0 Å². The van der Waals surface area contributed by atoms with E-state index in [0.29, 0.717) is 0 Å². The zero-order valence-electron chi connectivity index (χ0n) is 9.95. The summed E-state index contributed by atoms with van der Waals surface area (Å²) in [4.78, 5) is 4.30. The van der Waals surface area contributed by atoms with Crippen molar-refractivity contribution in [2.45, 2.75) is 57.4 Å². The van der Waals surface area contributed by atoms with Gasteiger partial charge < -0.3 is 5.32 Å². The van der Waals surface area contributed by atoms with Gasteiger partial charge in [-0.2, -0.15) is 0 Å². The molecule has 1 aromatic rings. The van der Waals surface area contributed by atoms with Crippen LogP contribution < -0.4 is 5.32 Å². The van der Waals surface area contributed by atoms with Crippen LogP contribution in [-0.2, 0) is 6.42 Å². The molecule has 0 spiro atoms. The van der Waals surface area contributed by atoms with E-state index in [1.54, 1.807) is 11.3 Å². The van der Waals surface area contributed by atoms with E-state index in [1.807, 2.05) is 6.20 Å². The number of aryl methyl sites for hydroxylation is 1. The molecule has 0 aliphatic heterocycles. The van der Waals surface area contributed by atoms with Gasteiger partial charge in [0.1, 0.15) is 0 Å². The van der Waals surface area contributed by atoms with Crippen molar-refractivity contribution in [3.63, 3.8) is 0 Å². The maximum atomic E-state index is 4.30. The fraction of sp³-hybridized carbons (Fsp3) is 0.769. The van der Waals surface area contributed by atoms with Crippen molar-refractivity contribution >= 4 is 11.3 Å². The lowest BCUT2D eigenvalue weighted by molar-refractivity contribution is 0.371. The smallest absolute Gasteiger partial charge is 0.0924 e. The molecule has 1 saturated carbocycles. The second-order valence-electron chi connectivity index (χ2n) is 4.67. The lowest BCUT2D eigenvalue weighted by atomic mass is 9.95. The van der Waals surface area contributed by atoms with Crippen LogP contribution in [0.25, 0.3) is 0 Å². The summed E-state index contributed by atoms with van der Waals surface area (Å²) in [6.45, 7) is 1.19. The predicted octanol–water partition coefficient (Wildman–Crippen LogP) is 3.39. The lowest BCUT2D eigenvalue weighted by Crippen LogP contribution is -2.31. The second-order valence-corrected chi connectivity index (χ2v) is 5.65. The van der Waals surface area contributed by atoms with E-state index in [0.717, 1.165) is 12.5 Å². The van der Waals surface area contributed by atoms with Crippen LogP contribution >= 0.6 is 11.3 Å². The maximum absolute atomic E-state index is 4.30. The Morgan fingerprint density at radius 3 is 2.88 bits per heavy atom. The Labute approximate surface area is 102 Å². The first-order chi connectivity index (χ1) is 7.95. The van der Waals surface area contributed by atoms with Gasteiger partial charge in [-0.1, -0.05) is 19.3 Å². The van der Waals surface area contributed by atoms with Gasteiger partial charge in [0, 0.05) is 17.6 Å². The van der Waals surface area contributed by atoms with E-state index < -0.39 is 0 Å². The normalized spacial score (nSPS) is 17.8. The van der Waals surface area contributed by atoms with Gasteiger partial charge in [0.15, 0.2) is 0 Å². The van der Waals surface area contributed by atoms with Crippen molar-refractivity contribution < 1.29 is 0 Å². The van der Waals surface area contributed by atoms with Gasteiger partial charge in [-0.25, -0.2) is 4.98 Å². The summed E-state index contributed by atoms with van der Waals surface area (Å²) in [6.07, 6.45) is 12.7. The van der Waals surface area contributed by atoms with E-state index in [1.165, 1.54) is 56.5 Å². The number of rotatable bonds is 6. The third kappa shape index (κ3) is 4.22.